The number of carbonyl (C=O) groups is 1. The molecule has 1 fully saturated rings. The fourth-order valence-corrected chi connectivity index (χ4v) is 3.96. The number of aryl methyl sites for hydroxylation is 2. The summed E-state index contributed by atoms with van der Waals surface area (Å²) in [7, 11) is 1.52. The number of phenolic OH excluding ortho intramolecular Hbond substituents is 1. The second-order valence-electron chi connectivity index (χ2n) is 8.96. The molecule has 1 aromatic heterocycles. The van der Waals surface area contributed by atoms with Crippen molar-refractivity contribution in [3.63, 3.8) is 0 Å². The largest absolute Gasteiger partial charge is 0.504 e. The van der Waals surface area contributed by atoms with Crippen molar-refractivity contribution in [1.29, 1.82) is 0 Å². The molecule has 0 aliphatic carbocycles. The van der Waals surface area contributed by atoms with Crippen LogP contribution in [0, 0.1) is 19.8 Å². The second kappa shape index (κ2) is 11.3. The Morgan fingerprint density at radius 2 is 2.09 bits per heavy atom. The van der Waals surface area contributed by atoms with Gasteiger partial charge in [0, 0.05) is 31.7 Å². The highest BCUT2D eigenvalue weighted by Gasteiger charge is 2.28. The number of ether oxygens (including phenoxy) is 2. The topological polar surface area (TPSA) is 88.3 Å². The summed E-state index contributed by atoms with van der Waals surface area (Å²) in [6, 6.07) is 5.21. The third kappa shape index (κ3) is 6.82. The summed E-state index contributed by atoms with van der Waals surface area (Å²) < 4.78 is 16.7. The molecule has 0 saturated carbocycles. The van der Waals surface area contributed by atoms with E-state index in [1.165, 1.54) is 7.11 Å². The lowest BCUT2D eigenvalue weighted by Gasteiger charge is -2.26. The van der Waals surface area contributed by atoms with Gasteiger partial charge in [-0.15, -0.1) is 0 Å². The molecule has 0 bridgehead atoms. The minimum absolute atomic E-state index is 0.108. The van der Waals surface area contributed by atoms with Crippen LogP contribution in [0.2, 0.25) is 0 Å². The van der Waals surface area contributed by atoms with E-state index in [2.05, 4.69) is 23.9 Å². The van der Waals surface area contributed by atoms with E-state index in [0.29, 0.717) is 51.0 Å². The van der Waals surface area contributed by atoms with Crippen LogP contribution in [0.25, 0.3) is 6.08 Å². The lowest BCUT2D eigenvalue weighted by atomic mass is 10.2. The molecule has 0 radical (unpaired) electrons. The molecule has 8 nitrogen and oxygen atoms in total. The molecule has 1 aliphatic rings. The zero-order valence-electron chi connectivity index (χ0n) is 20.2. The Morgan fingerprint density at radius 3 is 2.76 bits per heavy atom. The van der Waals surface area contributed by atoms with Crippen molar-refractivity contribution in [2.24, 2.45) is 5.92 Å². The van der Waals surface area contributed by atoms with E-state index in [4.69, 9.17) is 14.0 Å². The van der Waals surface area contributed by atoms with Crippen molar-refractivity contribution in [3.05, 3.63) is 46.9 Å². The summed E-state index contributed by atoms with van der Waals surface area (Å²) in [6.45, 7) is 11.3. The van der Waals surface area contributed by atoms with E-state index in [9.17, 15) is 9.90 Å². The van der Waals surface area contributed by atoms with Crippen LogP contribution in [0.5, 0.6) is 11.5 Å². The summed E-state index contributed by atoms with van der Waals surface area (Å²) >= 11 is 0. The average molecular weight is 458 g/mol. The summed E-state index contributed by atoms with van der Waals surface area (Å²) in [6.07, 6.45) is 3.86. The quantitative estimate of drug-likeness (QED) is 0.617. The number of nitrogens with zero attached hydrogens (tertiary/aromatic N) is 3. The standard InChI is InChI=1S/C25H35N3O5/c1-17(2)12-28-14-21(32-16-22-18(3)26-33-19(22)4)13-27(15-25(28)30)10-6-7-20-8-9-23(29)24(11-20)31-5/h6-9,11,17,21,29H,10,12-16H2,1-5H3/b7-6+. The minimum atomic E-state index is -0.119. The fourth-order valence-electron chi connectivity index (χ4n) is 3.96. The Labute approximate surface area is 195 Å². The van der Waals surface area contributed by atoms with Gasteiger partial charge >= 0.3 is 0 Å². The molecule has 1 amide bonds. The van der Waals surface area contributed by atoms with E-state index >= 15 is 0 Å². The molecule has 1 aliphatic heterocycles. The van der Waals surface area contributed by atoms with Gasteiger partial charge in [0.1, 0.15) is 5.76 Å². The maximum absolute atomic E-state index is 12.9. The first kappa shape index (κ1) is 24.8. The third-order valence-corrected chi connectivity index (χ3v) is 5.71. The van der Waals surface area contributed by atoms with Gasteiger partial charge in [-0.25, -0.2) is 0 Å². The van der Waals surface area contributed by atoms with Gasteiger partial charge in [-0.2, -0.15) is 0 Å². The number of methoxy groups -OCH3 is 1. The summed E-state index contributed by atoms with van der Waals surface area (Å²) in [5.74, 6) is 1.80. The first-order valence-electron chi connectivity index (χ1n) is 11.3. The lowest BCUT2D eigenvalue weighted by Crippen LogP contribution is -2.40. The third-order valence-electron chi connectivity index (χ3n) is 5.71. The summed E-state index contributed by atoms with van der Waals surface area (Å²) in [4.78, 5) is 17.0. The van der Waals surface area contributed by atoms with Gasteiger partial charge in [-0.1, -0.05) is 37.2 Å². The molecule has 1 aromatic carbocycles. The van der Waals surface area contributed by atoms with Crippen molar-refractivity contribution in [1.82, 2.24) is 15.0 Å². The molecule has 0 spiro atoms. The first-order valence-corrected chi connectivity index (χ1v) is 11.3. The van der Waals surface area contributed by atoms with E-state index < -0.39 is 0 Å². The second-order valence-corrected chi connectivity index (χ2v) is 8.96. The average Bonchev–Trinajstić information content (AvgIpc) is 3.00. The Hall–Kier alpha value is -2.84. The molecule has 180 valence electrons. The zero-order valence-corrected chi connectivity index (χ0v) is 20.2. The first-order chi connectivity index (χ1) is 15.8. The molecular weight excluding hydrogens is 422 g/mol. The predicted octanol–water partition coefficient (Wildman–Crippen LogP) is 3.40. The van der Waals surface area contributed by atoms with Crippen LogP contribution in [0.3, 0.4) is 0 Å². The number of benzene rings is 1. The minimum Gasteiger partial charge on any atom is -0.504 e. The molecule has 2 aromatic rings. The number of rotatable bonds is 9. The Balaban J connectivity index is 1.69. The molecule has 1 atom stereocenters. The fraction of sp³-hybridized carbons (Fsp3) is 0.520. The smallest absolute Gasteiger partial charge is 0.236 e. The molecule has 2 heterocycles. The maximum atomic E-state index is 12.9. The normalized spacial score (nSPS) is 17.8. The van der Waals surface area contributed by atoms with Crippen molar-refractivity contribution < 1.29 is 23.9 Å². The molecule has 1 N–H and O–H groups in total. The summed E-state index contributed by atoms with van der Waals surface area (Å²) in [5, 5.41) is 13.8. The van der Waals surface area contributed by atoms with Crippen molar-refractivity contribution in [2.75, 3.05) is 39.8 Å². The van der Waals surface area contributed by atoms with Gasteiger partial charge in [0.25, 0.3) is 0 Å². The van der Waals surface area contributed by atoms with Crippen LogP contribution in [0.15, 0.2) is 28.8 Å². The number of aromatic nitrogens is 1. The van der Waals surface area contributed by atoms with Crippen LogP contribution in [-0.4, -0.2) is 71.9 Å². The van der Waals surface area contributed by atoms with Gasteiger partial charge in [0.05, 0.1) is 32.1 Å². The van der Waals surface area contributed by atoms with Crippen LogP contribution >= 0.6 is 0 Å². The molecular formula is C25H35N3O5. The van der Waals surface area contributed by atoms with E-state index in [-0.39, 0.29) is 17.8 Å². The monoisotopic (exact) mass is 457 g/mol. The maximum Gasteiger partial charge on any atom is 0.236 e. The highest BCUT2D eigenvalue weighted by molar-refractivity contribution is 5.78. The lowest BCUT2D eigenvalue weighted by molar-refractivity contribution is -0.132. The van der Waals surface area contributed by atoms with Gasteiger partial charge in [-0.05, 0) is 37.5 Å². The van der Waals surface area contributed by atoms with Gasteiger partial charge in [0.2, 0.25) is 5.91 Å². The number of carbonyl (C=O) groups excluding carboxylic acids is 1. The SMILES string of the molecule is COc1cc(/C=C/CN2CC(=O)N(CC(C)C)CC(OCc3c(C)noc3C)C2)ccc1O. The van der Waals surface area contributed by atoms with Crippen LogP contribution in [0.4, 0.5) is 0 Å². The molecule has 3 rings (SSSR count). The van der Waals surface area contributed by atoms with Crippen molar-refractivity contribution in [2.45, 2.75) is 40.4 Å². The highest BCUT2D eigenvalue weighted by Crippen LogP contribution is 2.26. The molecule has 1 saturated heterocycles. The number of hydrogen-bond donors (Lipinski definition) is 1. The number of phenols is 1. The van der Waals surface area contributed by atoms with E-state index in [0.717, 1.165) is 22.6 Å². The Kier molecular flexibility index (Phi) is 8.52. The predicted molar refractivity (Wildman–Crippen MR) is 126 cm³/mol. The number of aromatic hydroxyl groups is 1. The Bertz CT molecular complexity index is 949. The zero-order chi connectivity index (χ0) is 24.0. The number of amides is 1. The van der Waals surface area contributed by atoms with Crippen LogP contribution < -0.4 is 4.74 Å². The van der Waals surface area contributed by atoms with Gasteiger partial charge < -0.3 is 24.0 Å². The molecule has 1 unspecified atom stereocenters. The molecule has 33 heavy (non-hydrogen) atoms. The van der Waals surface area contributed by atoms with Crippen LogP contribution in [-0.2, 0) is 16.1 Å². The highest BCUT2D eigenvalue weighted by atomic mass is 16.5. The van der Waals surface area contributed by atoms with Crippen molar-refractivity contribution >= 4 is 12.0 Å². The van der Waals surface area contributed by atoms with Crippen molar-refractivity contribution in [3.8, 4) is 11.5 Å². The van der Waals surface area contributed by atoms with E-state index in [1.54, 1.807) is 12.1 Å². The van der Waals surface area contributed by atoms with Gasteiger partial charge in [-0.3, -0.25) is 9.69 Å². The molecule has 8 heteroatoms. The van der Waals surface area contributed by atoms with Gasteiger partial charge in [0.15, 0.2) is 11.5 Å². The van der Waals surface area contributed by atoms with Crippen LogP contribution in [0.1, 0.15) is 36.4 Å². The van der Waals surface area contributed by atoms with E-state index in [1.807, 2.05) is 37.0 Å². The summed E-state index contributed by atoms with van der Waals surface area (Å²) in [5.41, 5.74) is 2.72. The number of hydrogen-bond acceptors (Lipinski definition) is 7. The Morgan fingerprint density at radius 1 is 1.30 bits per heavy atom.